The number of aromatic nitrogens is 3. The summed E-state index contributed by atoms with van der Waals surface area (Å²) in [5.74, 6) is -0.400. The molecule has 5 rings (SSSR count). The van der Waals surface area contributed by atoms with Gasteiger partial charge in [0, 0.05) is 30.9 Å². The number of rotatable bonds is 5. The van der Waals surface area contributed by atoms with Crippen molar-refractivity contribution in [2.45, 2.75) is 25.9 Å². The number of fused-ring (bicyclic) bond motifs is 1. The first kappa shape index (κ1) is 21.0. The fraction of sp³-hybridized carbons (Fsp3) is 0.409. The molecule has 2 aromatic heterocycles. The highest BCUT2D eigenvalue weighted by molar-refractivity contribution is 6.36. The van der Waals surface area contributed by atoms with E-state index in [9.17, 15) is 15.0 Å². The summed E-state index contributed by atoms with van der Waals surface area (Å²) in [6, 6.07) is 3.48. The smallest absolute Gasteiger partial charge is 0.261 e. The molecule has 9 nitrogen and oxygen atoms in total. The minimum absolute atomic E-state index is 0.0240. The van der Waals surface area contributed by atoms with Crippen LogP contribution in [0.4, 0.5) is 11.4 Å². The van der Waals surface area contributed by atoms with Crippen LogP contribution >= 0.6 is 11.6 Å². The third-order valence-electron chi connectivity index (χ3n) is 6.29. The van der Waals surface area contributed by atoms with Crippen molar-refractivity contribution in [1.82, 2.24) is 14.6 Å². The highest BCUT2D eigenvalue weighted by Crippen LogP contribution is 2.51. The molecule has 3 N–H and O–H groups in total. The Labute approximate surface area is 189 Å². The summed E-state index contributed by atoms with van der Waals surface area (Å²) < 4.78 is 6.98. The number of benzene rings is 1. The number of hydrogen-bond acceptors (Lipinski definition) is 7. The first-order valence-corrected chi connectivity index (χ1v) is 10.9. The second-order valence-electron chi connectivity index (χ2n) is 8.64. The Morgan fingerprint density at radius 1 is 1.41 bits per heavy atom. The van der Waals surface area contributed by atoms with Gasteiger partial charge in [0.1, 0.15) is 16.3 Å². The van der Waals surface area contributed by atoms with E-state index < -0.39 is 6.10 Å². The van der Waals surface area contributed by atoms with Crippen molar-refractivity contribution in [2.75, 3.05) is 36.5 Å². The largest absolute Gasteiger partial charge is 0.506 e. The number of anilines is 2. The number of aromatic hydroxyl groups is 1. The van der Waals surface area contributed by atoms with Crippen LogP contribution < -0.4 is 10.2 Å². The molecule has 1 aliphatic carbocycles. The molecular weight excluding hydrogens is 434 g/mol. The summed E-state index contributed by atoms with van der Waals surface area (Å²) in [6.07, 6.45) is 5.48. The Balaban J connectivity index is 1.55. The van der Waals surface area contributed by atoms with E-state index in [1.807, 2.05) is 11.8 Å². The number of halogens is 1. The van der Waals surface area contributed by atoms with Crippen molar-refractivity contribution in [2.24, 2.45) is 5.41 Å². The van der Waals surface area contributed by atoms with Gasteiger partial charge in [-0.15, -0.1) is 0 Å². The van der Waals surface area contributed by atoms with Gasteiger partial charge >= 0.3 is 0 Å². The van der Waals surface area contributed by atoms with Gasteiger partial charge in [0.15, 0.2) is 5.65 Å². The maximum Gasteiger partial charge on any atom is 0.261 e. The zero-order chi connectivity index (χ0) is 22.5. The Kier molecular flexibility index (Phi) is 5.19. The minimum atomic E-state index is -0.414. The number of phenols is 1. The number of hydrogen-bond donors (Lipinski definition) is 3. The Morgan fingerprint density at radius 2 is 2.16 bits per heavy atom. The molecule has 1 saturated heterocycles. The van der Waals surface area contributed by atoms with Crippen LogP contribution in [-0.4, -0.2) is 63.1 Å². The molecule has 168 valence electrons. The van der Waals surface area contributed by atoms with E-state index in [0.29, 0.717) is 67.3 Å². The van der Waals surface area contributed by atoms with Crippen LogP contribution in [0.5, 0.6) is 5.75 Å². The minimum Gasteiger partial charge on any atom is -0.506 e. The van der Waals surface area contributed by atoms with E-state index in [4.69, 9.17) is 16.3 Å². The maximum atomic E-state index is 13.2. The van der Waals surface area contributed by atoms with Crippen molar-refractivity contribution in [3.63, 3.8) is 0 Å². The molecule has 0 radical (unpaired) electrons. The molecule has 1 amide bonds. The highest BCUT2D eigenvalue weighted by Gasteiger charge is 2.49. The van der Waals surface area contributed by atoms with Crippen LogP contribution in [0.2, 0.25) is 5.02 Å². The third kappa shape index (κ3) is 3.66. The van der Waals surface area contributed by atoms with Gasteiger partial charge < -0.3 is 25.2 Å². The van der Waals surface area contributed by atoms with Crippen molar-refractivity contribution < 1.29 is 19.7 Å². The number of nitrogens with zero attached hydrogens (tertiary/aromatic N) is 4. The number of aliphatic hydroxyl groups excluding tert-OH is 1. The molecule has 3 aromatic rings. The number of carbonyl (C=O) groups excluding carboxylic acids is 1. The average molecular weight is 458 g/mol. The molecule has 1 aliphatic heterocycles. The van der Waals surface area contributed by atoms with E-state index in [1.165, 1.54) is 10.7 Å². The van der Waals surface area contributed by atoms with Crippen molar-refractivity contribution in [1.29, 1.82) is 0 Å². The topological polar surface area (TPSA) is 112 Å². The summed E-state index contributed by atoms with van der Waals surface area (Å²) in [7, 11) is 0. The van der Waals surface area contributed by atoms with Crippen molar-refractivity contribution >= 4 is 34.5 Å². The molecular formula is C22H24ClN5O4. The second-order valence-corrected chi connectivity index (χ2v) is 9.02. The normalized spacial score (nSPS) is 22.8. The molecule has 0 bridgehead atoms. The lowest BCUT2D eigenvalue weighted by atomic mass is 9.96. The van der Waals surface area contributed by atoms with Gasteiger partial charge in [-0.3, -0.25) is 4.79 Å². The highest BCUT2D eigenvalue weighted by atomic mass is 35.5. The summed E-state index contributed by atoms with van der Waals surface area (Å²) in [4.78, 5) is 19.4. The summed E-state index contributed by atoms with van der Waals surface area (Å²) >= 11 is 6.65. The molecule has 1 aromatic carbocycles. The zero-order valence-electron chi connectivity index (χ0n) is 17.6. The van der Waals surface area contributed by atoms with Crippen LogP contribution in [0.25, 0.3) is 5.65 Å². The summed E-state index contributed by atoms with van der Waals surface area (Å²) in [5, 5.41) is 28.2. The first-order valence-electron chi connectivity index (χ1n) is 10.5. The Morgan fingerprint density at radius 3 is 2.88 bits per heavy atom. The number of carbonyl (C=O) groups is 1. The predicted molar refractivity (Wildman–Crippen MR) is 120 cm³/mol. The SMILES string of the molecule is C[C@]1(Cc2cc(NC(=O)c3cnn4cccnc34)c(N3CCOCC3)c(Cl)c2O)CC1O. The fourth-order valence-corrected chi connectivity index (χ4v) is 4.54. The van der Waals surface area contributed by atoms with Gasteiger partial charge in [0.05, 0.1) is 36.9 Å². The zero-order valence-corrected chi connectivity index (χ0v) is 18.3. The van der Waals surface area contributed by atoms with Crippen molar-refractivity contribution in [3.8, 4) is 5.75 Å². The van der Waals surface area contributed by atoms with Crippen LogP contribution in [0.15, 0.2) is 30.7 Å². The lowest BCUT2D eigenvalue weighted by molar-refractivity contribution is 0.102. The fourth-order valence-electron chi connectivity index (χ4n) is 4.19. The standard InChI is InChI=1S/C22H24ClN5O4/c1-22(11-16(22)29)10-13-9-15(18(17(23)19(13)30)27-5-7-32-8-6-27)26-21(31)14-12-25-28-4-2-3-24-20(14)28/h2-4,9,12,16,29-30H,5-8,10-11H2,1H3,(H,26,31)/t16?,22-/m0/s1. The van der Waals surface area contributed by atoms with E-state index in [-0.39, 0.29) is 22.1 Å². The van der Waals surface area contributed by atoms with Crippen LogP contribution in [0.1, 0.15) is 29.3 Å². The number of amides is 1. The summed E-state index contributed by atoms with van der Waals surface area (Å²) in [5.41, 5.74) is 2.08. The summed E-state index contributed by atoms with van der Waals surface area (Å²) in [6.45, 7) is 4.17. The second kappa shape index (κ2) is 7.91. The molecule has 10 heteroatoms. The van der Waals surface area contributed by atoms with Gasteiger partial charge in [-0.2, -0.15) is 5.10 Å². The predicted octanol–water partition coefficient (Wildman–Crippen LogP) is 2.49. The van der Waals surface area contributed by atoms with Gasteiger partial charge in [-0.1, -0.05) is 18.5 Å². The number of aliphatic hydroxyl groups is 1. The van der Waals surface area contributed by atoms with E-state index in [0.717, 1.165) is 0 Å². The molecule has 2 fully saturated rings. The monoisotopic (exact) mass is 457 g/mol. The maximum absolute atomic E-state index is 13.2. The van der Waals surface area contributed by atoms with E-state index >= 15 is 0 Å². The third-order valence-corrected chi connectivity index (χ3v) is 6.65. The van der Waals surface area contributed by atoms with Crippen LogP contribution in [0.3, 0.4) is 0 Å². The average Bonchev–Trinajstić information content (AvgIpc) is 3.18. The van der Waals surface area contributed by atoms with Gasteiger partial charge in [0.2, 0.25) is 0 Å². The molecule has 3 heterocycles. The molecule has 0 spiro atoms. The Hall–Kier alpha value is -2.88. The molecule has 2 atom stereocenters. The first-order chi connectivity index (χ1) is 15.4. The number of ether oxygens (including phenoxy) is 1. The van der Waals surface area contributed by atoms with Gasteiger partial charge in [0.25, 0.3) is 5.91 Å². The quantitative estimate of drug-likeness (QED) is 0.504. The van der Waals surface area contributed by atoms with Crippen LogP contribution in [-0.2, 0) is 11.2 Å². The van der Waals surface area contributed by atoms with Crippen molar-refractivity contribution in [3.05, 3.63) is 46.9 Å². The molecule has 1 unspecified atom stereocenters. The molecule has 1 saturated carbocycles. The molecule has 2 aliphatic rings. The number of morpholine rings is 1. The molecule has 32 heavy (non-hydrogen) atoms. The number of phenolic OH excluding ortho intramolecular Hbond substituents is 1. The van der Waals surface area contributed by atoms with Crippen LogP contribution in [0, 0.1) is 5.41 Å². The lowest BCUT2D eigenvalue weighted by Gasteiger charge is -2.32. The lowest BCUT2D eigenvalue weighted by Crippen LogP contribution is -2.37. The van der Waals surface area contributed by atoms with E-state index in [2.05, 4.69) is 15.4 Å². The van der Waals surface area contributed by atoms with Gasteiger partial charge in [-0.05, 0) is 30.5 Å². The van der Waals surface area contributed by atoms with Gasteiger partial charge in [-0.25, -0.2) is 9.50 Å². The number of nitrogens with one attached hydrogen (secondary N) is 1. The Bertz CT molecular complexity index is 1190. The van der Waals surface area contributed by atoms with E-state index in [1.54, 1.807) is 24.5 Å².